The highest BCUT2D eigenvalue weighted by Gasteiger charge is 2.16. The number of hydrogen-bond acceptors (Lipinski definition) is 3. The van der Waals surface area contributed by atoms with Gasteiger partial charge in [0.1, 0.15) is 0 Å². The van der Waals surface area contributed by atoms with Gasteiger partial charge in [0.15, 0.2) is 5.15 Å². The van der Waals surface area contributed by atoms with Crippen molar-refractivity contribution in [1.82, 2.24) is 4.98 Å². The molecule has 0 aliphatic heterocycles. The molecule has 20 heavy (non-hydrogen) atoms. The lowest BCUT2D eigenvalue weighted by Gasteiger charge is -2.13. The largest absolute Gasteiger partial charge is 0.322 e. The molecule has 0 saturated heterocycles. The van der Waals surface area contributed by atoms with Crippen LogP contribution in [0.1, 0.15) is 5.56 Å². The Morgan fingerprint density at radius 3 is 2.80 bits per heavy atom. The van der Waals surface area contributed by atoms with Crippen molar-refractivity contribution >= 4 is 39.1 Å². The summed E-state index contributed by atoms with van der Waals surface area (Å²) in [7, 11) is 0. The monoisotopic (exact) mass is 353 g/mol. The molecular weight excluding hydrogens is 342 g/mol. The molecule has 0 aliphatic carbocycles. The van der Waals surface area contributed by atoms with Gasteiger partial charge in [-0.05, 0) is 34.0 Å². The number of hydrogen-bond donors (Lipinski definition) is 2. The fraction of sp³-hybridized carbons (Fsp3) is 0.143. The zero-order chi connectivity index (χ0) is 14.5. The number of carbonyl (C=O) groups is 1. The predicted molar refractivity (Wildman–Crippen MR) is 83.7 cm³/mol. The standard InChI is InChI=1S/C14H13BrClN3O/c15-10-7-12(13(16)18-8-10)19-14(20)11(17)6-9-4-2-1-3-5-9/h1-5,7-8,11H,6,17H2,(H,19,20)/t11-/m1/s1. The van der Waals surface area contributed by atoms with Crippen molar-refractivity contribution in [3.05, 3.63) is 57.8 Å². The average molecular weight is 355 g/mol. The second-order valence-electron chi connectivity index (χ2n) is 4.28. The van der Waals surface area contributed by atoms with Gasteiger partial charge in [-0.3, -0.25) is 4.79 Å². The Labute approximate surface area is 130 Å². The summed E-state index contributed by atoms with van der Waals surface area (Å²) < 4.78 is 0.730. The molecule has 0 bridgehead atoms. The third-order valence-electron chi connectivity index (χ3n) is 2.70. The molecule has 0 spiro atoms. The van der Waals surface area contributed by atoms with Crippen LogP contribution in [0.4, 0.5) is 5.69 Å². The minimum Gasteiger partial charge on any atom is -0.322 e. The Bertz CT molecular complexity index is 607. The molecule has 1 aromatic carbocycles. The van der Waals surface area contributed by atoms with Gasteiger partial charge in [-0.15, -0.1) is 0 Å². The molecule has 3 N–H and O–H groups in total. The van der Waals surface area contributed by atoms with Crippen LogP contribution in [-0.2, 0) is 11.2 Å². The normalized spacial score (nSPS) is 11.9. The number of nitrogens with two attached hydrogens (primary N) is 1. The topological polar surface area (TPSA) is 68.0 Å². The van der Waals surface area contributed by atoms with Crippen molar-refractivity contribution in [2.75, 3.05) is 5.32 Å². The van der Waals surface area contributed by atoms with Crippen LogP contribution in [-0.4, -0.2) is 16.9 Å². The molecule has 2 aromatic rings. The summed E-state index contributed by atoms with van der Waals surface area (Å²) in [6.45, 7) is 0. The number of carbonyl (C=O) groups excluding carboxylic acids is 1. The number of nitrogens with zero attached hydrogens (tertiary/aromatic N) is 1. The van der Waals surface area contributed by atoms with E-state index in [-0.39, 0.29) is 11.1 Å². The Hall–Kier alpha value is -1.43. The third kappa shape index (κ3) is 4.03. The minimum absolute atomic E-state index is 0.230. The highest BCUT2D eigenvalue weighted by atomic mass is 79.9. The quantitative estimate of drug-likeness (QED) is 0.829. The lowest BCUT2D eigenvalue weighted by atomic mass is 10.1. The molecule has 104 valence electrons. The van der Waals surface area contributed by atoms with Crippen LogP contribution in [0, 0.1) is 0 Å². The van der Waals surface area contributed by atoms with Crippen LogP contribution in [0.25, 0.3) is 0 Å². The SMILES string of the molecule is N[C@H](Cc1ccccc1)C(=O)Nc1cc(Br)cnc1Cl. The van der Waals surface area contributed by atoms with E-state index in [4.69, 9.17) is 17.3 Å². The number of halogens is 2. The highest BCUT2D eigenvalue weighted by Crippen LogP contribution is 2.23. The van der Waals surface area contributed by atoms with Gasteiger partial charge in [0.25, 0.3) is 0 Å². The average Bonchev–Trinajstić information content (AvgIpc) is 2.44. The van der Waals surface area contributed by atoms with E-state index in [2.05, 4.69) is 26.2 Å². The maximum atomic E-state index is 12.0. The summed E-state index contributed by atoms with van der Waals surface area (Å²) in [5.74, 6) is -0.296. The van der Waals surface area contributed by atoms with E-state index < -0.39 is 6.04 Å². The molecular formula is C14H13BrClN3O. The van der Waals surface area contributed by atoms with Gasteiger partial charge in [-0.1, -0.05) is 41.9 Å². The summed E-state index contributed by atoms with van der Waals surface area (Å²) in [6.07, 6.45) is 2.02. The van der Waals surface area contributed by atoms with Crippen LogP contribution >= 0.6 is 27.5 Å². The molecule has 6 heteroatoms. The molecule has 1 atom stereocenters. The summed E-state index contributed by atoms with van der Waals surface area (Å²) in [5.41, 5.74) is 7.35. The van der Waals surface area contributed by atoms with Gasteiger partial charge in [-0.25, -0.2) is 4.98 Å². The fourth-order valence-corrected chi connectivity index (χ4v) is 2.18. The van der Waals surface area contributed by atoms with Crippen LogP contribution in [0.5, 0.6) is 0 Å². The fourth-order valence-electron chi connectivity index (χ4n) is 1.70. The number of anilines is 1. The highest BCUT2D eigenvalue weighted by molar-refractivity contribution is 9.10. The number of aromatic nitrogens is 1. The van der Waals surface area contributed by atoms with Crippen LogP contribution in [0.2, 0.25) is 5.15 Å². The zero-order valence-corrected chi connectivity index (χ0v) is 12.9. The Kier molecular flexibility index (Phi) is 5.11. The van der Waals surface area contributed by atoms with Crippen LogP contribution < -0.4 is 11.1 Å². The minimum atomic E-state index is -0.646. The van der Waals surface area contributed by atoms with Crippen molar-refractivity contribution in [3.63, 3.8) is 0 Å². The van der Waals surface area contributed by atoms with Gasteiger partial charge in [0, 0.05) is 10.7 Å². The molecule has 0 radical (unpaired) electrons. The maximum Gasteiger partial charge on any atom is 0.241 e. The Morgan fingerprint density at radius 2 is 2.10 bits per heavy atom. The molecule has 0 aliphatic rings. The summed E-state index contributed by atoms with van der Waals surface area (Å²) in [6, 6.07) is 10.6. The van der Waals surface area contributed by atoms with Gasteiger partial charge < -0.3 is 11.1 Å². The second-order valence-corrected chi connectivity index (χ2v) is 5.55. The predicted octanol–water partition coefficient (Wildman–Crippen LogP) is 3.01. The molecule has 1 heterocycles. The summed E-state index contributed by atoms with van der Waals surface area (Å²) in [4.78, 5) is 16.0. The molecule has 0 fully saturated rings. The first kappa shape index (κ1) is 15.0. The van der Waals surface area contributed by atoms with Crippen molar-refractivity contribution < 1.29 is 4.79 Å². The lowest BCUT2D eigenvalue weighted by molar-refractivity contribution is -0.117. The molecule has 0 saturated carbocycles. The summed E-state index contributed by atoms with van der Waals surface area (Å²) >= 11 is 9.19. The van der Waals surface area contributed by atoms with Crippen LogP contribution in [0.3, 0.4) is 0 Å². The third-order valence-corrected chi connectivity index (χ3v) is 3.43. The number of pyridine rings is 1. The molecule has 1 amide bonds. The number of nitrogens with one attached hydrogen (secondary N) is 1. The van der Waals surface area contributed by atoms with E-state index in [1.165, 1.54) is 0 Å². The van der Waals surface area contributed by atoms with Gasteiger partial charge >= 0.3 is 0 Å². The smallest absolute Gasteiger partial charge is 0.241 e. The lowest BCUT2D eigenvalue weighted by Crippen LogP contribution is -2.37. The molecule has 1 aromatic heterocycles. The number of rotatable bonds is 4. The Morgan fingerprint density at radius 1 is 1.40 bits per heavy atom. The number of amides is 1. The van der Waals surface area contributed by atoms with E-state index in [1.54, 1.807) is 12.3 Å². The van der Waals surface area contributed by atoms with Crippen molar-refractivity contribution in [2.45, 2.75) is 12.5 Å². The molecule has 4 nitrogen and oxygen atoms in total. The van der Waals surface area contributed by atoms with E-state index in [9.17, 15) is 4.79 Å². The number of benzene rings is 1. The first-order valence-corrected chi connectivity index (χ1v) is 7.15. The van der Waals surface area contributed by atoms with E-state index >= 15 is 0 Å². The summed E-state index contributed by atoms with van der Waals surface area (Å²) in [5, 5.41) is 2.91. The van der Waals surface area contributed by atoms with E-state index in [1.807, 2.05) is 30.3 Å². The maximum absolute atomic E-state index is 12.0. The molecule has 0 unspecified atom stereocenters. The van der Waals surface area contributed by atoms with Crippen LogP contribution in [0.15, 0.2) is 47.1 Å². The van der Waals surface area contributed by atoms with Gasteiger partial charge in [0.2, 0.25) is 5.91 Å². The van der Waals surface area contributed by atoms with Crippen molar-refractivity contribution in [1.29, 1.82) is 0 Å². The Balaban J connectivity index is 2.02. The van der Waals surface area contributed by atoms with Crippen molar-refractivity contribution in [3.8, 4) is 0 Å². The van der Waals surface area contributed by atoms with Crippen molar-refractivity contribution in [2.24, 2.45) is 5.73 Å². The molecule has 2 rings (SSSR count). The first-order valence-electron chi connectivity index (χ1n) is 5.97. The second kappa shape index (κ2) is 6.83. The van der Waals surface area contributed by atoms with Gasteiger partial charge in [-0.2, -0.15) is 0 Å². The van der Waals surface area contributed by atoms with E-state index in [0.29, 0.717) is 12.1 Å². The van der Waals surface area contributed by atoms with Gasteiger partial charge in [0.05, 0.1) is 11.7 Å². The first-order chi connectivity index (χ1) is 9.56. The zero-order valence-electron chi connectivity index (χ0n) is 10.5. The van der Waals surface area contributed by atoms with E-state index in [0.717, 1.165) is 10.0 Å².